The smallest absolute Gasteiger partial charge is 0.108 e. The van der Waals surface area contributed by atoms with Crippen molar-refractivity contribution in [2.24, 2.45) is 4.99 Å². The minimum Gasteiger partial charge on any atom is -0.298 e. The van der Waals surface area contributed by atoms with E-state index in [9.17, 15) is 0 Å². The van der Waals surface area contributed by atoms with Crippen LogP contribution in [-0.2, 0) is 0 Å². The van der Waals surface area contributed by atoms with Crippen LogP contribution < -0.4 is 0 Å². The van der Waals surface area contributed by atoms with Gasteiger partial charge in [-0.05, 0) is 37.7 Å². The number of hydrogen-bond donors (Lipinski definition) is 0. The first-order valence-corrected chi connectivity index (χ1v) is 10.7. The van der Waals surface area contributed by atoms with E-state index in [0.29, 0.717) is 0 Å². The molecule has 0 rings (SSSR count). The van der Waals surface area contributed by atoms with E-state index in [0.717, 1.165) is 11.8 Å². The van der Waals surface area contributed by atoms with Gasteiger partial charge in [-0.1, -0.05) is 26.6 Å². The molecule has 1 atom stereocenters. The molecule has 0 aromatic rings. The lowest BCUT2D eigenvalue weighted by Crippen LogP contribution is -2.20. The van der Waals surface area contributed by atoms with Gasteiger partial charge in [0.05, 0.1) is 0 Å². The Balaban J connectivity index is 3.69. The van der Waals surface area contributed by atoms with Gasteiger partial charge in [-0.25, -0.2) is 0 Å². The Morgan fingerprint density at radius 1 is 1.36 bits per heavy atom. The second-order valence-electron chi connectivity index (χ2n) is 4.57. The zero-order chi connectivity index (χ0) is 11.0. The van der Waals surface area contributed by atoms with Crippen molar-refractivity contribution in [3.8, 4) is 0 Å². The molecule has 1 nitrogen and oxygen atoms in total. The molecule has 0 aromatic heterocycles. The van der Waals surface area contributed by atoms with Gasteiger partial charge in [-0.3, -0.25) is 4.99 Å². The van der Waals surface area contributed by atoms with E-state index in [1.165, 1.54) is 19.3 Å². The van der Waals surface area contributed by atoms with E-state index in [1.807, 2.05) is 13.1 Å². The average molecular weight is 231 g/mol. The van der Waals surface area contributed by atoms with Crippen LogP contribution >= 0.6 is 11.2 Å². The topological polar surface area (TPSA) is 12.4 Å². The minimum atomic E-state index is -0.932. The van der Waals surface area contributed by atoms with Gasteiger partial charge in [-0.2, -0.15) is 11.2 Å². The van der Waals surface area contributed by atoms with Crippen LogP contribution in [0.1, 0.15) is 33.1 Å². The van der Waals surface area contributed by atoms with Gasteiger partial charge in [-0.15, -0.1) is 0 Å². The van der Waals surface area contributed by atoms with Crippen molar-refractivity contribution in [3.05, 3.63) is 0 Å². The standard InChI is InChI=1S/C11H25NSSi/c1-6-11(13-14(3,4)5)9-8-10-12-7-2/h7,11H,6,8-10H2,1-5H3/b12-7+. The molecule has 0 amide bonds. The highest BCUT2D eigenvalue weighted by molar-refractivity contribution is 8.29. The lowest BCUT2D eigenvalue weighted by atomic mass is 10.2. The summed E-state index contributed by atoms with van der Waals surface area (Å²) in [5.74, 6) is 0. The van der Waals surface area contributed by atoms with E-state index in [4.69, 9.17) is 0 Å². The normalized spacial score (nSPS) is 14.9. The molecule has 0 heterocycles. The molecule has 0 aliphatic rings. The van der Waals surface area contributed by atoms with E-state index >= 15 is 0 Å². The first-order chi connectivity index (χ1) is 6.49. The summed E-state index contributed by atoms with van der Waals surface area (Å²) in [6.45, 7) is 12.6. The fourth-order valence-electron chi connectivity index (χ4n) is 1.39. The average Bonchev–Trinajstić information content (AvgIpc) is 2.08. The molecule has 0 aliphatic carbocycles. The molecule has 0 bridgehead atoms. The largest absolute Gasteiger partial charge is 0.298 e. The van der Waals surface area contributed by atoms with Crippen LogP contribution in [0.25, 0.3) is 0 Å². The van der Waals surface area contributed by atoms with E-state index in [1.54, 1.807) is 0 Å². The van der Waals surface area contributed by atoms with Crippen molar-refractivity contribution in [2.45, 2.75) is 58.0 Å². The second kappa shape index (κ2) is 7.52. The first-order valence-electron chi connectivity index (χ1n) is 5.62. The highest BCUT2D eigenvalue weighted by Gasteiger charge is 2.19. The van der Waals surface area contributed by atoms with Crippen molar-refractivity contribution in [2.75, 3.05) is 6.54 Å². The maximum Gasteiger partial charge on any atom is 0.108 e. The van der Waals surface area contributed by atoms with Gasteiger partial charge < -0.3 is 0 Å². The molecule has 3 heteroatoms. The SMILES string of the molecule is C/C=N/CCCC(CC)S[Si](C)(C)C. The molecule has 14 heavy (non-hydrogen) atoms. The van der Waals surface area contributed by atoms with Crippen LogP contribution in [0.3, 0.4) is 0 Å². The Morgan fingerprint density at radius 2 is 2.00 bits per heavy atom. The van der Waals surface area contributed by atoms with Crippen molar-refractivity contribution in [1.82, 2.24) is 0 Å². The Morgan fingerprint density at radius 3 is 2.43 bits per heavy atom. The summed E-state index contributed by atoms with van der Waals surface area (Å²) in [5, 5.41) is 0.869. The van der Waals surface area contributed by atoms with Crippen LogP contribution in [0.5, 0.6) is 0 Å². The Hall–Kier alpha value is 0.237. The third-order valence-electron chi connectivity index (χ3n) is 1.97. The second-order valence-corrected chi connectivity index (χ2v) is 14.1. The monoisotopic (exact) mass is 231 g/mol. The third-order valence-corrected chi connectivity index (χ3v) is 6.70. The van der Waals surface area contributed by atoms with Gasteiger partial charge in [0.15, 0.2) is 0 Å². The van der Waals surface area contributed by atoms with Crippen LogP contribution in [0.2, 0.25) is 19.6 Å². The Bertz CT molecular complexity index is 163. The van der Waals surface area contributed by atoms with E-state index in [2.05, 4.69) is 42.8 Å². The summed E-state index contributed by atoms with van der Waals surface area (Å²) in [6.07, 6.45) is 5.81. The summed E-state index contributed by atoms with van der Waals surface area (Å²) >= 11 is 2.25. The Labute approximate surface area is 94.4 Å². The number of nitrogens with zero attached hydrogens (tertiary/aromatic N) is 1. The highest BCUT2D eigenvalue weighted by Crippen LogP contribution is 2.29. The molecular formula is C11H25NSSi. The van der Waals surface area contributed by atoms with Gasteiger partial charge in [0, 0.05) is 6.54 Å². The van der Waals surface area contributed by atoms with Gasteiger partial charge in [0.25, 0.3) is 0 Å². The molecule has 0 spiro atoms. The van der Waals surface area contributed by atoms with Crippen molar-refractivity contribution in [3.63, 3.8) is 0 Å². The maximum atomic E-state index is 4.25. The van der Waals surface area contributed by atoms with Gasteiger partial charge in [0.1, 0.15) is 7.22 Å². The molecule has 1 unspecified atom stereocenters. The van der Waals surface area contributed by atoms with Crippen LogP contribution in [0.15, 0.2) is 4.99 Å². The lowest BCUT2D eigenvalue weighted by molar-refractivity contribution is 0.693. The summed E-state index contributed by atoms with van der Waals surface area (Å²) < 4.78 is 0. The molecule has 0 saturated carbocycles. The van der Waals surface area contributed by atoms with E-state index < -0.39 is 7.22 Å². The summed E-state index contributed by atoms with van der Waals surface area (Å²) in [7, 11) is -0.932. The summed E-state index contributed by atoms with van der Waals surface area (Å²) in [4.78, 5) is 4.25. The number of rotatable bonds is 7. The van der Waals surface area contributed by atoms with Crippen LogP contribution in [-0.4, -0.2) is 25.2 Å². The Kier molecular flexibility index (Phi) is 7.65. The van der Waals surface area contributed by atoms with Gasteiger partial charge >= 0.3 is 0 Å². The first kappa shape index (κ1) is 14.2. The molecular weight excluding hydrogens is 206 g/mol. The van der Waals surface area contributed by atoms with Crippen LogP contribution in [0.4, 0.5) is 0 Å². The highest BCUT2D eigenvalue weighted by atomic mass is 32.4. The summed E-state index contributed by atoms with van der Waals surface area (Å²) in [5.41, 5.74) is 0. The number of hydrogen-bond acceptors (Lipinski definition) is 2. The van der Waals surface area contributed by atoms with Crippen molar-refractivity contribution >= 4 is 24.6 Å². The summed E-state index contributed by atoms with van der Waals surface area (Å²) in [6, 6.07) is 0. The minimum absolute atomic E-state index is 0.869. The maximum absolute atomic E-state index is 4.25. The fraction of sp³-hybridized carbons (Fsp3) is 0.909. The third kappa shape index (κ3) is 8.82. The predicted molar refractivity (Wildman–Crippen MR) is 73.3 cm³/mol. The molecule has 0 aliphatic heterocycles. The molecule has 0 radical (unpaired) electrons. The number of aliphatic imine (C=N–C) groups is 1. The zero-order valence-electron chi connectivity index (χ0n) is 10.3. The molecule has 0 saturated heterocycles. The fourth-order valence-corrected chi connectivity index (χ4v) is 6.69. The van der Waals surface area contributed by atoms with Gasteiger partial charge in [0.2, 0.25) is 0 Å². The predicted octanol–water partition coefficient (Wildman–Crippen LogP) is 4.20. The quantitative estimate of drug-likeness (QED) is 0.363. The van der Waals surface area contributed by atoms with E-state index in [-0.39, 0.29) is 0 Å². The molecule has 84 valence electrons. The molecule has 0 aromatic carbocycles. The molecule has 0 fully saturated rings. The lowest BCUT2D eigenvalue weighted by Gasteiger charge is -2.23. The van der Waals surface area contributed by atoms with Crippen LogP contribution in [0, 0.1) is 0 Å². The molecule has 0 N–H and O–H groups in total. The van der Waals surface area contributed by atoms with Crippen molar-refractivity contribution in [1.29, 1.82) is 0 Å². The zero-order valence-corrected chi connectivity index (χ0v) is 12.2. The van der Waals surface area contributed by atoms with Crippen molar-refractivity contribution < 1.29 is 0 Å².